The number of hydrogen-bond donors (Lipinski definition) is 1. The summed E-state index contributed by atoms with van der Waals surface area (Å²) in [6.45, 7) is 3.25. The number of benzene rings is 1. The third kappa shape index (κ3) is 5.03. The summed E-state index contributed by atoms with van der Waals surface area (Å²) in [5.41, 5.74) is -0.296. The van der Waals surface area contributed by atoms with E-state index in [1.54, 1.807) is 6.92 Å². The van der Waals surface area contributed by atoms with E-state index in [0.29, 0.717) is 6.42 Å². The van der Waals surface area contributed by atoms with Crippen LogP contribution in [0.2, 0.25) is 0 Å². The molecule has 1 rings (SSSR count). The third-order valence-electron chi connectivity index (χ3n) is 2.80. The number of aryl methyl sites for hydroxylation is 1. The van der Waals surface area contributed by atoms with Gasteiger partial charge in [-0.15, -0.1) is 0 Å². The molecular formula is C13H18F3NO2S. The van der Waals surface area contributed by atoms with Gasteiger partial charge in [0.15, 0.2) is 9.84 Å². The van der Waals surface area contributed by atoms with Crippen LogP contribution < -0.4 is 5.32 Å². The molecule has 1 aromatic rings. The smallest absolute Gasteiger partial charge is 0.384 e. The van der Waals surface area contributed by atoms with Crippen molar-refractivity contribution in [1.29, 1.82) is 0 Å². The molecule has 0 spiro atoms. The van der Waals surface area contributed by atoms with Gasteiger partial charge < -0.3 is 5.32 Å². The first-order valence-electron chi connectivity index (χ1n) is 6.28. The lowest BCUT2D eigenvalue weighted by molar-refractivity contribution is -0.138. The summed E-state index contributed by atoms with van der Waals surface area (Å²) in [6, 6.07) is 3.88. The average molecular weight is 309 g/mol. The molecule has 114 valence electrons. The quantitative estimate of drug-likeness (QED) is 0.877. The topological polar surface area (TPSA) is 46.2 Å². The summed E-state index contributed by atoms with van der Waals surface area (Å²) in [4.78, 5) is 0. The van der Waals surface area contributed by atoms with Gasteiger partial charge in [-0.3, -0.25) is 0 Å². The van der Waals surface area contributed by atoms with Crippen LogP contribution in [-0.4, -0.2) is 26.5 Å². The van der Waals surface area contributed by atoms with Gasteiger partial charge in [-0.05, 0) is 31.0 Å². The molecule has 0 unspecified atom stereocenters. The second kappa shape index (κ2) is 6.47. The van der Waals surface area contributed by atoms with Crippen LogP contribution >= 0.6 is 0 Å². The zero-order chi connectivity index (χ0) is 15.4. The molecule has 3 nitrogen and oxygen atoms in total. The Morgan fingerprint density at radius 2 is 1.85 bits per heavy atom. The molecule has 0 fully saturated rings. The Bertz CT molecular complexity index is 553. The van der Waals surface area contributed by atoms with Crippen LogP contribution in [0.15, 0.2) is 18.2 Å². The fraction of sp³-hybridized carbons (Fsp3) is 0.538. The van der Waals surface area contributed by atoms with Gasteiger partial charge in [0.2, 0.25) is 0 Å². The predicted molar refractivity (Wildman–Crippen MR) is 73.6 cm³/mol. The maximum atomic E-state index is 12.7. The van der Waals surface area contributed by atoms with E-state index in [2.05, 4.69) is 5.32 Å². The van der Waals surface area contributed by atoms with Crippen molar-refractivity contribution in [3.63, 3.8) is 0 Å². The van der Waals surface area contributed by atoms with Gasteiger partial charge in [0.25, 0.3) is 0 Å². The molecule has 0 aliphatic rings. The van der Waals surface area contributed by atoms with Crippen molar-refractivity contribution in [2.75, 3.05) is 23.4 Å². The second-order valence-electron chi connectivity index (χ2n) is 4.61. The van der Waals surface area contributed by atoms with E-state index in [-0.39, 0.29) is 29.3 Å². The lowest BCUT2D eigenvalue weighted by Gasteiger charge is -2.13. The first kappa shape index (κ1) is 16.8. The van der Waals surface area contributed by atoms with Gasteiger partial charge in [0, 0.05) is 18.0 Å². The first-order valence-corrected chi connectivity index (χ1v) is 8.10. The first-order chi connectivity index (χ1) is 9.15. The van der Waals surface area contributed by atoms with E-state index in [9.17, 15) is 21.6 Å². The van der Waals surface area contributed by atoms with E-state index in [4.69, 9.17) is 0 Å². The molecule has 0 aliphatic carbocycles. The summed E-state index contributed by atoms with van der Waals surface area (Å²) >= 11 is 0. The highest BCUT2D eigenvalue weighted by Crippen LogP contribution is 2.33. The van der Waals surface area contributed by atoms with Crippen molar-refractivity contribution in [3.8, 4) is 0 Å². The van der Waals surface area contributed by atoms with Crippen molar-refractivity contribution >= 4 is 15.5 Å². The average Bonchev–Trinajstić information content (AvgIpc) is 2.29. The fourth-order valence-electron chi connectivity index (χ4n) is 1.80. The summed E-state index contributed by atoms with van der Waals surface area (Å²) < 4.78 is 61.1. The lowest BCUT2D eigenvalue weighted by atomic mass is 10.1. The maximum absolute atomic E-state index is 12.7. The number of sulfone groups is 1. The van der Waals surface area contributed by atoms with Crippen molar-refractivity contribution in [1.82, 2.24) is 0 Å². The molecule has 0 saturated heterocycles. The second-order valence-corrected chi connectivity index (χ2v) is 6.91. The molecule has 0 heterocycles. The fourth-order valence-corrected chi connectivity index (χ4v) is 3.04. The van der Waals surface area contributed by atoms with E-state index in [0.717, 1.165) is 6.07 Å². The molecule has 0 aliphatic heterocycles. The van der Waals surface area contributed by atoms with Gasteiger partial charge >= 0.3 is 6.18 Å². The minimum absolute atomic E-state index is 0.0872. The Morgan fingerprint density at radius 3 is 2.40 bits per heavy atom. The van der Waals surface area contributed by atoms with Crippen molar-refractivity contribution in [3.05, 3.63) is 29.3 Å². The highest BCUT2D eigenvalue weighted by Gasteiger charge is 2.32. The molecule has 0 bridgehead atoms. The number of hydrogen-bond acceptors (Lipinski definition) is 3. The molecular weight excluding hydrogens is 291 g/mol. The minimum Gasteiger partial charge on any atom is -0.384 e. The largest absolute Gasteiger partial charge is 0.416 e. The minimum atomic E-state index is -4.41. The molecule has 1 N–H and O–H groups in total. The van der Waals surface area contributed by atoms with E-state index < -0.39 is 21.6 Å². The van der Waals surface area contributed by atoms with Crippen LogP contribution in [0.3, 0.4) is 0 Å². The van der Waals surface area contributed by atoms with E-state index in [1.165, 1.54) is 19.1 Å². The van der Waals surface area contributed by atoms with Crippen LogP contribution in [-0.2, 0) is 16.0 Å². The highest BCUT2D eigenvalue weighted by atomic mass is 32.2. The molecule has 0 amide bonds. The monoisotopic (exact) mass is 309 g/mol. The standard InChI is InChI=1S/C13H18F3NO2S/c1-3-7-20(18,19)8-6-17-11-5-4-10(2)12(9-11)13(14,15)16/h4-5,9,17H,3,6-8H2,1-2H3. The van der Waals surface area contributed by atoms with Crippen LogP contribution in [0.4, 0.5) is 18.9 Å². The normalized spacial score (nSPS) is 12.4. The molecule has 7 heteroatoms. The van der Waals surface area contributed by atoms with E-state index >= 15 is 0 Å². The van der Waals surface area contributed by atoms with E-state index in [1.807, 2.05) is 0 Å². The Balaban J connectivity index is 2.71. The zero-order valence-corrected chi connectivity index (χ0v) is 12.2. The zero-order valence-electron chi connectivity index (χ0n) is 11.4. The van der Waals surface area contributed by atoms with Crippen LogP contribution in [0.25, 0.3) is 0 Å². The van der Waals surface area contributed by atoms with Crippen LogP contribution in [0, 0.1) is 6.92 Å². The van der Waals surface area contributed by atoms with Crippen LogP contribution in [0.1, 0.15) is 24.5 Å². The summed E-state index contributed by atoms with van der Waals surface area (Å²) in [7, 11) is -3.13. The van der Waals surface area contributed by atoms with Gasteiger partial charge in [0.05, 0.1) is 11.3 Å². The van der Waals surface area contributed by atoms with Gasteiger partial charge in [-0.1, -0.05) is 13.0 Å². The predicted octanol–water partition coefficient (Wildman–Crippen LogP) is 3.25. The molecule has 0 radical (unpaired) electrons. The maximum Gasteiger partial charge on any atom is 0.416 e. The van der Waals surface area contributed by atoms with Gasteiger partial charge in [-0.2, -0.15) is 13.2 Å². The third-order valence-corrected chi connectivity index (χ3v) is 4.66. The summed E-state index contributed by atoms with van der Waals surface area (Å²) in [6.07, 6.45) is -3.87. The number of anilines is 1. The number of rotatable bonds is 6. The summed E-state index contributed by atoms with van der Waals surface area (Å²) in [5, 5.41) is 2.72. The molecule has 20 heavy (non-hydrogen) atoms. The SMILES string of the molecule is CCCS(=O)(=O)CCNc1ccc(C)c(C(F)(F)F)c1. The molecule has 0 saturated carbocycles. The van der Waals surface area contributed by atoms with Crippen molar-refractivity contribution in [2.45, 2.75) is 26.4 Å². The van der Waals surface area contributed by atoms with Crippen molar-refractivity contribution < 1.29 is 21.6 Å². The Hall–Kier alpha value is -1.24. The lowest BCUT2D eigenvalue weighted by Crippen LogP contribution is -2.18. The Morgan fingerprint density at radius 1 is 1.20 bits per heavy atom. The Kier molecular flexibility index (Phi) is 5.44. The Labute approximate surface area is 117 Å². The number of halogens is 3. The molecule has 0 atom stereocenters. The van der Waals surface area contributed by atoms with Crippen molar-refractivity contribution in [2.24, 2.45) is 0 Å². The number of alkyl halides is 3. The molecule has 0 aromatic heterocycles. The van der Waals surface area contributed by atoms with Gasteiger partial charge in [-0.25, -0.2) is 8.42 Å². The molecule has 1 aromatic carbocycles. The van der Waals surface area contributed by atoms with Crippen LogP contribution in [0.5, 0.6) is 0 Å². The number of nitrogens with one attached hydrogen (secondary N) is 1. The summed E-state index contributed by atoms with van der Waals surface area (Å²) in [5.74, 6) is 0.00640. The highest BCUT2D eigenvalue weighted by molar-refractivity contribution is 7.91. The van der Waals surface area contributed by atoms with Gasteiger partial charge in [0.1, 0.15) is 0 Å².